The summed E-state index contributed by atoms with van der Waals surface area (Å²) in [5.41, 5.74) is 8.76. The molecule has 0 bridgehead atoms. The number of hydrogen-bond donors (Lipinski definition) is 3. The zero-order valence-electron chi connectivity index (χ0n) is 30.7. The van der Waals surface area contributed by atoms with Crippen molar-refractivity contribution in [3.05, 3.63) is 136 Å². The first kappa shape index (κ1) is 33.9. The molecule has 1 radical (unpaired) electrons. The first-order valence-corrected chi connectivity index (χ1v) is 19.7. The summed E-state index contributed by atoms with van der Waals surface area (Å²) in [6.45, 7) is 5.99. The first-order chi connectivity index (χ1) is 26.6. The number of pyridine rings is 2. The van der Waals surface area contributed by atoms with Gasteiger partial charge in [0.2, 0.25) is 0 Å². The number of anilines is 3. The van der Waals surface area contributed by atoms with Crippen molar-refractivity contribution >= 4 is 51.4 Å². The highest BCUT2D eigenvalue weighted by Gasteiger charge is 2.46. The highest BCUT2D eigenvalue weighted by atomic mass is 32.1. The van der Waals surface area contributed by atoms with Gasteiger partial charge in [0.05, 0.1) is 27.2 Å². The zero-order valence-corrected chi connectivity index (χ0v) is 31.5. The van der Waals surface area contributed by atoms with E-state index in [9.17, 15) is 14.7 Å². The number of amides is 2. The summed E-state index contributed by atoms with van der Waals surface area (Å²) < 4.78 is 0. The third-order valence-electron chi connectivity index (χ3n) is 11.8. The van der Waals surface area contributed by atoms with E-state index in [-0.39, 0.29) is 11.8 Å². The highest BCUT2D eigenvalue weighted by Crippen LogP contribution is 2.51. The first-order valence-electron chi connectivity index (χ1n) is 18.9. The number of carbonyl (C=O) groups is 2. The molecule has 1 fully saturated rings. The number of para-hydroxylation sites is 2. The maximum absolute atomic E-state index is 14.1. The van der Waals surface area contributed by atoms with E-state index in [1.54, 1.807) is 53.4 Å². The topological polar surface area (TPSA) is 127 Å². The summed E-state index contributed by atoms with van der Waals surface area (Å²) in [5.74, 6) is 0.839. The number of aryl methyl sites for hydroxylation is 1. The number of fused-ring (bicyclic) bond motifs is 4. The number of aromatic amines is 1. The van der Waals surface area contributed by atoms with Crippen LogP contribution >= 0.6 is 11.3 Å². The second-order valence-electron chi connectivity index (χ2n) is 15.7. The minimum absolute atomic E-state index is 0.154. The Kier molecular flexibility index (Phi) is 7.83. The molecule has 10 rings (SSSR count). The molecule has 275 valence electrons. The van der Waals surface area contributed by atoms with Crippen LogP contribution in [0.3, 0.4) is 0 Å². The Morgan fingerprint density at radius 1 is 0.964 bits per heavy atom. The average molecular weight is 747 g/mol. The van der Waals surface area contributed by atoms with Gasteiger partial charge in [-0.15, -0.1) is 11.3 Å². The average Bonchev–Trinajstić information content (AvgIpc) is 3.67. The molecule has 1 unspecified atom stereocenters. The van der Waals surface area contributed by atoms with Gasteiger partial charge in [-0.2, -0.15) is 0 Å². The molecule has 1 atom stereocenters. The van der Waals surface area contributed by atoms with Crippen LogP contribution in [0.1, 0.15) is 75.2 Å². The van der Waals surface area contributed by atoms with E-state index < -0.39 is 5.60 Å². The minimum Gasteiger partial charge on any atom is -0.377 e. The lowest BCUT2D eigenvalue weighted by atomic mass is 9.72. The molecule has 6 heterocycles. The van der Waals surface area contributed by atoms with Gasteiger partial charge in [0, 0.05) is 60.0 Å². The Labute approximate surface area is 323 Å². The predicted molar refractivity (Wildman–Crippen MR) is 216 cm³/mol. The van der Waals surface area contributed by atoms with Crippen LogP contribution in [0.25, 0.3) is 21.6 Å². The number of imidazole rings is 1. The van der Waals surface area contributed by atoms with E-state index in [1.807, 2.05) is 61.7 Å². The Balaban J connectivity index is 0.854. The molecule has 1 saturated heterocycles. The molecule has 4 aromatic heterocycles. The van der Waals surface area contributed by atoms with E-state index in [1.165, 1.54) is 37.0 Å². The van der Waals surface area contributed by atoms with E-state index in [0.717, 1.165) is 50.8 Å². The van der Waals surface area contributed by atoms with Crippen molar-refractivity contribution in [2.24, 2.45) is 5.41 Å². The normalized spacial score (nSPS) is 18.1. The third kappa shape index (κ3) is 5.93. The van der Waals surface area contributed by atoms with Crippen molar-refractivity contribution in [1.29, 1.82) is 0 Å². The van der Waals surface area contributed by atoms with Crippen LogP contribution in [0.5, 0.6) is 0 Å². The minimum atomic E-state index is -1.35. The van der Waals surface area contributed by atoms with Crippen LogP contribution in [0, 0.1) is 18.8 Å². The fraction of sp³-hybridized carbons (Fsp3) is 0.273. The number of hydrogen-bond acceptors (Lipinski definition) is 8. The monoisotopic (exact) mass is 746 g/mol. The molecule has 0 saturated carbocycles. The van der Waals surface area contributed by atoms with E-state index in [0.29, 0.717) is 52.4 Å². The lowest BCUT2D eigenvalue weighted by Crippen LogP contribution is -2.57. The summed E-state index contributed by atoms with van der Waals surface area (Å²) in [6.07, 6.45) is 11.2. The van der Waals surface area contributed by atoms with E-state index >= 15 is 0 Å². The van der Waals surface area contributed by atoms with Crippen LogP contribution in [0.15, 0.2) is 96.3 Å². The summed E-state index contributed by atoms with van der Waals surface area (Å²) in [5, 5.41) is 14.8. The van der Waals surface area contributed by atoms with Crippen molar-refractivity contribution < 1.29 is 14.7 Å². The lowest BCUT2D eigenvalue weighted by molar-refractivity contribution is 0.0970. The Morgan fingerprint density at radius 3 is 2.53 bits per heavy atom. The largest absolute Gasteiger partial charge is 0.377 e. The fourth-order valence-electron chi connectivity index (χ4n) is 8.53. The Hall–Kier alpha value is -5.65. The number of H-pyrrole nitrogens is 1. The molecular weight excluding hydrogens is 707 g/mol. The number of rotatable bonds is 6. The van der Waals surface area contributed by atoms with Crippen molar-refractivity contribution in [1.82, 2.24) is 19.9 Å². The molecule has 6 aromatic rings. The number of thiophene rings is 1. The lowest BCUT2D eigenvalue weighted by Gasteiger charge is -2.51. The summed E-state index contributed by atoms with van der Waals surface area (Å²) in [7, 11) is 0. The Bertz CT molecular complexity index is 2510. The van der Waals surface area contributed by atoms with Crippen LogP contribution in [0.2, 0.25) is 0 Å². The van der Waals surface area contributed by atoms with E-state index in [2.05, 4.69) is 26.6 Å². The standard InChI is InChI=1S/C44H40N7O3S/c1-26-20-32(39(46-23-26)50-24-44(25-50)16-13-28-21-29(28)14-17-44)40(52)47-31-11-9-27(10-12-31)41(53)51-19-15-30-22-36(55-38(30)37-35(51)8-5-18-45-37)43(2,54)42-48-33-6-3-4-7-34(33)49-42/h3-12,18,20-23,54H,13-17,19,24-25H2,1-2H3,(H,47,52)(H,48,49). The second kappa shape index (κ2) is 12.7. The number of nitrogens with zero attached hydrogens (tertiary/aromatic N) is 5. The van der Waals surface area contributed by atoms with Gasteiger partial charge in [-0.05, 0) is 118 Å². The van der Waals surface area contributed by atoms with Crippen LogP contribution in [-0.2, 0) is 12.0 Å². The SMILES string of the molecule is Cc1cnc(N2CC3(CCC4=C([CH]4)CC3)C2)c(C(=O)Nc2ccc(C(=O)N3CCc4cc(C(C)(O)c5nc6ccccc6[nH]5)sc4-c4ncccc43)cc2)c1. The van der Waals surface area contributed by atoms with Crippen molar-refractivity contribution in [3.63, 3.8) is 0 Å². The van der Waals surface area contributed by atoms with Gasteiger partial charge in [0.25, 0.3) is 11.8 Å². The highest BCUT2D eigenvalue weighted by molar-refractivity contribution is 7.16. The molecule has 10 nitrogen and oxygen atoms in total. The molecule has 55 heavy (non-hydrogen) atoms. The number of nitrogens with one attached hydrogen (secondary N) is 2. The molecule has 2 aromatic carbocycles. The van der Waals surface area contributed by atoms with Crippen molar-refractivity contribution in [3.8, 4) is 10.6 Å². The van der Waals surface area contributed by atoms with Gasteiger partial charge < -0.3 is 25.2 Å². The molecule has 2 aliphatic heterocycles. The van der Waals surface area contributed by atoms with Gasteiger partial charge in [-0.25, -0.2) is 9.97 Å². The second-order valence-corrected chi connectivity index (χ2v) is 16.7. The zero-order chi connectivity index (χ0) is 37.5. The molecular formula is C44H40N7O3S. The molecule has 2 amide bonds. The van der Waals surface area contributed by atoms with Crippen LogP contribution < -0.4 is 15.1 Å². The number of benzene rings is 2. The van der Waals surface area contributed by atoms with Gasteiger partial charge in [0.15, 0.2) is 5.60 Å². The number of aliphatic hydroxyl groups is 1. The van der Waals surface area contributed by atoms with Gasteiger partial charge >= 0.3 is 0 Å². The van der Waals surface area contributed by atoms with Crippen molar-refractivity contribution in [2.45, 2.75) is 51.6 Å². The molecule has 3 N–H and O–H groups in total. The van der Waals surface area contributed by atoms with Crippen molar-refractivity contribution in [2.75, 3.05) is 34.8 Å². The maximum atomic E-state index is 14.1. The number of carbonyl (C=O) groups excluding carboxylic acids is 2. The smallest absolute Gasteiger partial charge is 0.259 e. The Morgan fingerprint density at radius 2 is 1.75 bits per heavy atom. The third-order valence-corrected chi connectivity index (χ3v) is 13.2. The molecule has 1 spiro atoms. The van der Waals surface area contributed by atoms with Gasteiger partial charge in [-0.1, -0.05) is 23.3 Å². The quantitative estimate of drug-likeness (QED) is 0.158. The predicted octanol–water partition coefficient (Wildman–Crippen LogP) is 8.00. The van der Waals surface area contributed by atoms with Gasteiger partial charge in [-0.3, -0.25) is 14.6 Å². The summed E-state index contributed by atoms with van der Waals surface area (Å²) in [6, 6.07) is 22.5. The number of aromatic nitrogens is 4. The summed E-state index contributed by atoms with van der Waals surface area (Å²) in [4.78, 5) is 51.0. The van der Waals surface area contributed by atoms with Gasteiger partial charge in [0.1, 0.15) is 17.3 Å². The molecule has 2 aliphatic carbocycles. The molecule has 11 heteroatoms. The van der Waals surface area contributed by atoms with Crippen LogP contribution in [-0.4, -0.2) is 56.5 Å². The molecule has 4 aliphatic rings. The fourth-order valence-corrected chi connectivity index (χ4v) is 9.80. The summed E-state index contributed by atoms with van der Waals surface area (Å²) >= 11 is 1.47. The van der Waals surface area contributed by atoms with E-state index in [4.69, 9.17) is 9.97 Å². The van der Waals surface area contributed by atoms with Crippen LogP contribution in [0.4, 0.5) is 17.2 Å². The number of allylic oxidation sites excluding steroid dienone is 2. The maximum Gasteiger partial charge on any atom is 0.259 e.